The van der Waals surface area contributed by atoms with Crippen LogP contribution in [0.1, 0.15) is 45.0 Å². The van der Waals surface area contributed by atoms with Gasteiger partial charge in [-0.05, 0) is 65.9 Å². The lowest BCUT2D eigenvalue weighted by Crippen LogP contribution is -2.46. The van der Waals surface area contributed by atoms with Gasteiger partial charge in [-0.2, -0.15) is 0 Å². The van der Waals surface area contributed by atoms with Gasteiger partial charge in [0.2, 0.25) is 11.8 Å². The topological polar surface area (TPSA) is 81.8 Å². The molecule has 7 nitrogen and oxygen atoms in total. The summed E-state index contributed by atoms with van der Waals surface area (Å²) in [6.07, 6.45) is 0. The summed E-state index contributed by atoms with van der Waals surface area (Å²) in [5.74, 6) is -0.372. The number of carbonyl (C=O) groups is 3. The van der Waals surface area contributed by atoms with Crippen LogP contribution in [0.5, 0.6) is 0 Å². The van der Waals surface area contributed by atoms with Crippen molar-refractivity contribution in [2.75, 3.05) is 38.5 Å². The Balaban J connectivity index is 2.55. The van der Waals surface area contributed by atoms with Crippen molar-refractivity contribution in [3.8, 4) is 0 Å². The van der Waals surface area contributed by atoms with Crippen molar-refractivity contribution in [2.45, 2.75) is 40.2 Å². The molecular formula is C20H32N4O3. The molecule has 0 atom stereocenters. The predicted octanol–water partition coefficient (Wildman–Crippen LogP) is 1.95. The molecule has 0 saturated carbocycles. The van der Waals surface area contributed by atoms with E-state index < -0.39 is 0 Å². The lowest BCUT2D eigenvalue weighted by molar-refractivity contribution is -0.124. The van der Waals surface area contributed by atoms with Crippen LogP contribution in [0.2, 0.25) is 0 Å². The number of carbonyl (C=O) groups excluding carboxylic acids is 3. The van der Waals surface area contributed by atoms with Crippen molar-refractivity contribution >= 4 is 23.4 Å². The fraction of sp³-hybridized carbons (Fsp3) is 0.550. The van der Waals surface area contributed by atoms with E-state index in [4.69, 9.17) is 0 Å². The first-order valence-electron chi connectivity index (χ1n) is 9.24. The van der Waals surface area contributed by atoms with E-state index in [0.717, 1.165) is 0 Å². The highest BCUT2D eigenvalue weighted by Crippen LogP contribution is 2.12. The molecule has 1 aromatic carbocycles. The maximum absolute atomic E-state index is 12.3. The monoisotopic (exact) mass is 376 g/mol. The molecule has 150 valence electrons. The third kappa shape index (κ3) is 8.21. The van der Waals surface area contributed by atoms with Gasteiger partial charge in [-0.25, -0.2) is 0 Å². The molecule has 0 fully saturated rings. The molecule has 1 aromatic rings. The Hall–Kier alpha value is -2.41. The molecule has 0 unspecified atom stereocenters. The van der Waals surface area contributed by atoms with Crippen LogP contribution in [0.25, 0.3) is 0 Å². The van der Waals surface area contributed by atoms with Gasteiger partial charge in [-0.1, -0.05) is 0 Å². The Bertz CT molecular complexity index is 646. The summed E-state index contributed by atoms with van der Waals surface area (Å²) in [6.45, 7) is 11.2. The molecule has 0 radical (unpaired) electrons. The van der Waals surface area contributed by atoms with Crippen LogP contribution < -0.4 is 10.6 Å². The smallest absolute Gasteiger partial charge is 0.253 e. The minimum atomic E-state index is -0.301. The normalized spacial score (nSPS) is 11.2. The van der Waals surface area contributed by atoms with Gasteiger partial charge < -0.3 is 15.5 Å². The summed E-state index contributed by atoms with van der Waals surface area (Å²) in [7, 11) is 1.72. The number of amides is 3. The zero-order valence-corrected chi connectivity index (χ0v) is 17.3. The van der Waals surface area contributed by atoms with Crippen LogP contribution in [0.15, 0.2) is 24.3 Å². The van der Waals surface area contributed by atoms with E-state index >= 15 is 0 Å². The highest BCUT2D eigenvalue weighted by Gasteiger charge is 2.17. The highest BCUT2D eigenvalue weighted by atomic mass is 16.2. The summed E-state index contributed by atoms with van der Waals surface area (Å²) < 4.78 is 0. The van der Waals surface area contributed by atoms with Gasteiger partial charge in [0, 0.05) is 29.9 Å². The Morgan fingerprint density at radius 2 is 1.44 bits per heavy atom. The molecule has 0 saturated heterocycles. The van der Waals surface area contributed by atoms with Crippen LogP contribution >= 0.6 is 0 Å². The molecule has 0 aliphatic carbocycles. The van der Waals surface area contributed by atoms with Crippen molar-refractivity contribution in [3.63, 3.8) is 0 Å². The number of nitrogens with one attached hydrogen (secondary N) is 2. The summed E-state index contributed by atoms with van der Waals surface area (Å²) in [5.41, 5.74) is 0.904. The van der Waals surface area contributed by atoms with Crippen LogP contribution in [-0.4, -0.2) is 66.3 Å². The van der Waals surface area contributed by atoms with E-state index in [1.54, 1.807) is 41.1 Å². The van der Waals surface area contributed by atoms with Gasteiger partial charge in [-0.3, -0.25) is 19.3 Å². The van der Waals surface area contributed by atoms with Crippen LogP contribution in [0.4, 0.5) is 5.69 Å². The van der Waals surface area contributed by atoms with Gasteiger partial charge in [0.05, 0.1) is 13.1 Å². The maximum Gasteiger partial charge on any atom is 0.253 e. The fourth-order valence-electron chi connectivity index (χ4n) is 2.59. The number of nitrogens with zero attached hydrogens (tertiary/aromatic N) is 2. The first-order valence-corrected chi connectivity index (χ1v) is 9.24. The van der Waals surface area contributed by atoms with E-state index in [1.165, 1.54) is 0 Å². The lowest BCUT2D eigenvalue weighted by atomic mass is 10.1. The van der Waals surface area contributed by atoms with Crippen LogP contribution in [-0.2, 0) is 9.59 Å². The van der Waals surface area contributed by atoms with E-state index in [2.05, 4.69) is 10.6 Å². The summed E-state index contributed by atoms with van der Waals surface area (Å²) >= 11 is 0. The van der Waals surface area contributed by atoms with Crippen molar-refractivity contribution in [2.24, 2.45) is 0 Å². The molecular weight excluding hydrogens is 344 g/mol. The molecule has 2 N–H and O–H groups in total. The second-order valence-corrected chi connectivity index (χ2v) is 7.57. The Kier molecular flexibility index (Phi) is 8.43. The Labute approximate surface area is 162 Å². The quantitative estimate of drug-likeness (QED) is 0.727. The van der Waals surface area contributed by atoms with Crippen molar-refractivity contribution in [1.29, 1.82) is 0 Å². The molecule has 1 rings (SSSR count). The first-order chi connectivity index (χ1) is 12.6. The molecule has 0 spiro atoms. The highest BCUT2D eigenvalue weighted by molar-refractivity contribution is 5.96. The zero-order valence-electron chi connectivity index (χ0n) is 17.3. The van der Waals surface area contributed by atoms with Gasteiger partial charge in [-0.15, -0.1) is 0 Å². The third-order valence-corrected chi connectivity index (χ3v) is 3.81. The number of benzene rings is 1. The number of hydrogen-bond acceptors (Lipinski definition) is 4. The minimum Gasteiger partial charge on any atom is -0.350 e. The van der Waals surface area contributed by atoms with Crippen molar-refractivity contribution in [1.82, 2.24) is 15.1 Å². The molecule has 27 heavy (non-hydrogen) atoms. The number of rotatable bonds is 8. The number of likely N-dealkylation sites (N-methyl/N-ethyl adjacent to an activating group) is 1. The molecule has 0 heterocycles. The molecule has 3 amide bonds. The Morgan fingerprint density at radius 3 is 1.93 bits per heavy atom. The average molecular weight is 377 g/mol. The molecule has 7 heteroatoms. The summed E-state index contributed by atoms with van der Waals surface area (Å²) in [4.78, 5) is 39.7. The molecule has 0 bridgehead atoms. The zero-order chi connectivity index (χ0) is 20.6. The average Bonchev–Trinajstić information content (AvgIpc) is 2.54. The SMILES string of the molecule is CCN(CC)C(=O)c1ccc(NC(=O)CN(C)CC(=O)NC(C)(C)C)cc1. The van der Waals surface area contributed by atoms with Gasteiger partial charge >= 0.3 is 0 Å². The predicted molar refractivity (Wildman–Crippen MR) is 108 cm³/mol. The van der Waals surface area contributed by atoms with E-state index in [0.29, 0.717) is 24.3 Å². The van der Waals surface area contributed by atoms with Crippen molar-refractivity contribution in [3.05, 3.63) is 29.8 Å². The van der Waals surface area contributed by atoms with Crippen LogP contribution in [0, 0.1) is 0 Å². The lowest BCUT2D eigenvalue weighted by Gasteiger charge is -2.23. The van der Waals surface area contributed by atoms with E-state index in [1.807, 2.05) is 34.6 Å². The van der Waals surface area contributed by atoms with Gasteiger partial charge in [0.1, 0.15) is 0 Å². The third-order valence-electron chi connectivity index (χ3n) is 3.81. The molecule has 0 aliphatic heterocycles. The van der Waals surface area contributed by atoms with E-state index in [-0.39, 0.29) is 36.3 Å². The van der Waals surface area contributed by atoms with Gasteiger partial charge in [0.15, 0.2) is 0 Å². The number of hydrogen-bond donors (Lipinski definition) is 2. The minimum absolute atomic E-state index is 0.0255. The Morgan fingerprint density at radius 1 is 0.926 bits per heavy atom. The van der Waals surface area contributed by atoms with Crippen LogP contribution in [0.3, 0.4) is 0 Å². The summed E-state index contributed by atoms with van der Waals surface area (Å²) in [5, 5.41) is 5.64. The number of anilines is 1. The molecule has 0 aliphatic rings. The fourth-order valence-corrected chi connectivity index (χ4v) is 2.59. The van der Waals surface area contributed by atoms with Gasteiger partial charge in [0.25, 0.3) is 5.91 Å². The standard InChI is InChI=1S/C20H32N4O3/c1-7-24(8-2)19(27)15-9-11-16(12-10-15)21-17(25)13-23(6)14-18(26)22-20(3,4)5/h9-12H,7-8,13-14H2,1-6H3,(H,21,25)(H,22,26). The maximum atomic E-state index is 12.3. The van der Waals surface area contributed by atoms with E-state index in [9.17, 15) is 14.4 Å². The molecule has 0 aromatic heterocycles. The summed E-state index contributed by atoms with van der Waals surface area (Å²) in [6, 6.07) is 6.83. The first kappa shape index (κ1) is 22.6. The second kappa shape index (κ2) is 10.1. The largest absolute Gasteiger partial charge is 0.350 e. The van der Waals surface area contributed by atoms with Crippen molar-refractivity contribution < 1.29 is 14.4 Å². The second-order valence-electron chi connectivity index (χ2n) is 7.57.